The molecule has 1 heterocycles. The number of rotatable bonds is 4. The van der Waals surface area contributed by atoms with Crippen LogP contribution in [0.2, 0.25) is 5.02 Å². The third-order valence-electron chi connectivity index (χ3n) is 2.76. The highest BCUT2D eigenvalue weighted by Gasteiger charge is 2.20. The molecule has 1 atom stereocenters. The minimum Gasteiger partial charge on any atom is -0.469 e. The summed E-state index contributed by atoms with van der Waals surface area (Å²) in [4.78, 5) is 11.1. The fourth-order valence-electron chi connectivity index (χ4n) is 1.74. The Morgan fingerprint density at radius 1 is 1.56 bits per heavy atom. The van der Waals surface area contributed by atoms with Gasteiger partial charge in [-0.2, -0.15) is 0 Å². The molecule has 0 aliphatic carbocycles. The first-order valence-corrected chi connectivity index (χ1v) is 5.91. The lowest BCUT2D eigenvalue weighted by molar-refractivity contribution is -0.140. The Morgan fingerprint density at radius 2 is 2.33 bits per heavy atom. The maximum Gasteiger partial charge on any atom is 0.305 e. The summed E-state index contributed by atoms with van der Waals surface area (Å²) in [6.07, 6.45) is 0.756. The Hall–Kier alpha value is -1.46. The van der Waals surface area contributed by atoms with Crippen LogP contribution in [0.1, 0.15) is 24.4 Å². The molecule has 0 spiro atoms. The van der Waals surface area contributed by atoms with Crippen molar-refractivity contribution in [2.45, 2.75) is 18.9 Å². The molecule has 0 aromatic heterocycles. The number of hydrogen-bond donors (Lipinski definition) is 1. The van der Waals surface area contributed by atoms with Crippen LogP contribution in [0.4, 0.5) is 0 Å². The fraction of sp³-hybridized carbons (Fsp3) is 0.417. The van der Waals surface area contributed by atoms with E-state index in [2.05, 4.69) is 4.74 Å². The van der Waals surface area contributed by atoms with Gasteiger partial charge >= 0.3 is 5.97 Å². The van der Waals surface area contributed by atoms with E-state index in [0.717, 1.165) is 5.56 Å². The van der Waals surface area contributed by atoms with Crippen molar-refractivity contribution in [2.24, 2.45) is 5.73 Å². The highest BCUT2D eigenvalue weighted by Crippen LogP contribution is 2.41. The lowest BCUT2D eigenvalue weighted by Crippen LogP contribution is -2.13. The number of hydrogen-bond acceptors (Lipinski definition) is 5. The lowest BCUT2D eigenvalue weighted by Gasteiger charge is -2.12. The summed E-state index contributed by atoms with van der Waals surface area (Å²) in [5, 5.41) is 0.466. The Labute approximate surface area is 110 Å². The summed E-state index contributed by atoms with van der Waals surface area (Å²) in [7, 11) is 1.35. The minimum atomic E-state index is -0.295. The van der Waals surface area contributed by atoms with Crippen molar-refractivity contribution in [3.8, 4) is 11.5 Å². The van der Waals surface area contributed by atoms with E-state index in [-0.39, 0.29) is 25.2 Å². The van der Waals surface area contributed by atoms with E-state index in [0.29, 0.717) is 22.9 Å². The van der Waals surface area contributed by atoms with Gasteiger partial charge in [0.05, 0.1) is 12.1 Å². The minimum absolute atomic E-state index is 0.163. The van der Waals surface area contributed by atoms with Crippen LogP contribution in [0.25, 0.3) is 0 Å². The van der Waals surface area contributed by atoms with Crippen LogP contribution in [0, 0.1) is 0 Å². The topological polar surface area (TPSA) is 70.8 Å². The summed E-state index contributed by atoms with van der Waals surface area (Å²) in [5.74, 6) is 0.851. The normalized spacial score (nSPS) is 14.4. The van der Waals surface area contributed by atoms with Crippen LogP contribution in [-0.4, -0.2) is 19.9 Å². The molecule has 0 radical (unpaired) electrons. The zero-order chi connectivity index (χ0) is 13.1. The molecule has 2 rings (SSSR count). The predicted octanol–water partition coefficient (Wildman–Crippen LogP) is 2.02. The van der Waals surface area contributed by atoms with E-state index < -0.39 is 0 Å². The van der Waals surface area contributed by atoms with E-state index >= 15 is 0 Å². The number of nitrogens with two attached hydrogens (primary N) is 1. The Morgan fingerprint density at radius 3 is 3.06 bits per heavy atom. The van der Waals surface area contributed by atoms with Crippen LogP contribution in [0.5, 0.6) is 11.5 Å². The molecule has 0 amide bonds. The maximum absolute atomic E-state index is 11.1. The van der Waals surface area contributed by atoms with Gasteiger partial charge < -0.3 is 19.9 Å². The van der Waals surface area contributed by atoms with Gasteiger partial charge in [0.1, 0.15) is 0 Å². The third-order valence-corrected chi connectivity index (χ3v) is 3.05. The largest absolute Gasteiger partial charge is 0.469 e. The van der Waals surface area contributed by atoms with Crippen LogP contribution < -0.4 is 15.2 Å². The monoisotopic (exact) mass is 271 g/mol. The van der Waals surface area contributed by atoms with Gasteiger partial charge in [-0.25, -0.2) is 0 Å². The molecule has 5 nitrogen and oxygen atoms in total. The van der Waals surface area contributed by atoms with E-state index in [9.17, 15) is 4.79 Å². The van der Waals surface area contributed by atoms with Crippen molar-refractivity contribution in [2.75, 3.05) is 13.9 Å². The van der Waals surface area contributed by atoms with Crippen LogP contribution in [0.3, 0.4) is 0 Å². The molecule has 18 heavy (non-hydrogen) atoms. The molecule has 0 saturated heterocycles. The van der Waals surface area contributed by atoms with Crippen LogP contribution in [-0.2, 0) is 9.53 Å². The fourth-order valence-corrected chi connectivity index (χ4v) is 2.02. The summed E-state index contributed by atoms with van der Waals surface area (Å²) in [6.45, 7) is 0.163. The number of esters is 1. The number of benzene rings is 1. The zero-order valence-corrected chi connectivity index (χ0v) is 10.7. The molecule has 1 aliphatic heterocycles. The number of ether oxygens (including phenoxy) is 3. The summed E-state index contributed by atoms with van der Waals surface area (Å²) < 4.78 is 15.0. The van der Waals surface area contributed by atoms with E-state index in [4.69, 9.17) is 26.8 Å². The Kier molecular flexibility index (Phi) is 3.93. The first-order valence-electron chi connectivity index (χ1n) is 5.53. The van der Waals surface area contributed by atoms with Gasteiger partial charge in [-0.05, 0) is 24.1 Å². The van der Waals surface area contributed by atoms with Crippen molar-refractivity contribution in [3.63, 3.8) is 0 Å². The van der Waals surface area contributed by atoms with Gasteiger partial charge in [0.25, 0.3) is 0 Å². The molecular weight excluding hydrogens is 258 g/mol. The van der Waals surface area contributed by atoms with Crippen molar-refractivity contribution < 1.29 is 19.0 Å². The SMILES string of the molecule is COC(=O)CCC(N)c1cc(Cl)c2c(c1)OCO2. The number of carbonyl (C=O) groups excluding carboxylic acids is 1. The molecular formula is C12H14ClNO4. The first-order chi connectivity index (χ1) is 8.61. The second-order valence-electron chi connectivity index (χ2n) is 3.96. The second-order valence-corrected chi connectivity index (χ2v) is 4.37. The van der Waals surface area contributed by atoms with E-state index in [1.54, 1.807) is 12.1 Å². The molecule has 1 aliphatic rings. The number of methoxy groups -OCH3 is 1. The maximum atomic E-state index is 11.1. The van der Waals surface area contributed by atoms with Gasteiger partial charge in [-0.1, -0.05) is 11.6 Å². The van der Waals surface area contributed by atoms with Crippen molar-refractivity contribution in [1.29, 1.82) is 0 Å². The van der Waals surface area contributed by atoms with E-state index in [1.165, 1.54) is 7.11 Å². The Balaban J connectivity index is 2.09. The van der Waals surface area contributed by atoms with E-state index in [1.807, 2.05) is 0 Å². The van der Waals surface area contributed by atoms with Gasteiger partial charge in [0, 0.05) is 12.5 Å². The van der Waals surface area contributed by atoms with Gasteiger partial charge in [0.15, 0.2) is 11.5 Å². The average Bonchev–Trinajstić information content (AvgIpc) is 2.84. The van der Waals surface area contributed by atoms with Crippen LogP contribution in [0.15, 0.2) is 12.1 Å². The highest BCUT2D eigenvalue weighted by molar-refractivity contribution is 6.32. The quantitative estimate of drug-likeness (QED) is 0.849. The third kappa shape index (κ3) is 2.68. The molecule has 1 aromatic rings. The summed E-state index contributed by atoms with van der Waals surface area (Å²) in [6, 6.07) is 3.23. The zero-order valence-electron chi connectivity index (χ0n) is 9.94. The smallest absolute Gasteiger partial charge is 0.305 e. The molecule has 0 bridgehead atoms. The van der Waals surface area contributed by atoms with Crippen LogP contribution >= 0.6 is 11.6 Å². The number of fused-ring (bicyclic) bond motifs is 1. The molecule has 0 fully saturated rings. The molecule has 6 heteroatoms. The lowest BCUT2D eigenvalue weighted by atomic mass is 10.0. The average molecular weight is 272 g/mol. The van der Waals surface area contributed by atoms with Crippen molar-refractivity contribution in [1.82, 2.24) is 0 Å². The van der Waals surface area contributed by atoms with Gasteiger partial charge in [0.2, 0.25) is 6.79 Å². The highest BCUT2D eigenvalue weighted by atomic mass is 35.5. The molecule has 1 unspecified atom stereocenters. The summed E-state index contributed by atoms with van der Waals surface area (Å²) >= 11 is 6.06. The summed E-state index contributed by atoms with van der Waals surface area (Å²) in [5.41, 5.74) is 6.81. The van der Waals surface area contributed by atoms with Gasteiger partial charge in [-0.15, -0.1) is 0 Å². The van der Waals surface area contributed by atoms with Gasteiger partial charge in [-0.3, -0.25) is 4.79 Å². The first kappa shape index (κ1) is 13.0. The standard InChI is InChI=1S/C12H14ClNO4/c1-16-11(15)3-2-9(14)7-4-8(13)12-10(5-7)17-6-18-12/h4-5,9H,2-3,6,14H2,1H3. The Bertz CT molecular complexity index is 464. The molecule has 98 valence electrons. The van der Waals surface area contributed by atoms with Crippen molar-refractivity contribution in [3.05, 3.63) is 22.7 Å². The number of carbonyl (C=O) groups is 1. The van der Waals surface area contributed by atoms with Crippen molar-refractivity contribution >= 4 is 17.6 Å². The predicted molar refractivity (Wildman–Crippen MR) is 65.8 cm³/mol. The molecule has 1 aromatic carbocycles. The second kappa shape index (κ2) is 5.46. The number of halogens is 1. The molecule has 2 N–H and O–H groups in total. The molecule has 0 saturated carbocycles.